The minimum Gasteiger partial charge on any atom is -1.00 e. The van der Waals surface area contributed by atoms with E-state index in [1.54, 1.807) is 0 Å². The van der Waals surface area contributed by atoms with Gasteiger partial charge in [0.15, 0.2) is 0 Å². The summed E-state index contributed by atoms with van der Waals surface area (Å²) in [4.78, 5) is 0. The van der Waals surface area contributed by atoms with Crippen molar-refractivity contribution >= 4 is 0 Å². The summed E-state index contributed by atoms with van der Waals surface area (Å²) in [5.41, 5.74) is 1.24. The Morgan fingerprint density at radius 1 is 1.42 bits per heavy atom. The van der Waals surface area contributed by atoms with Crippen LogP contribution in [0, 0.1) is 0 Å². The molecular weight excluding hydrogens is 265 g/mol. The van der Waals surface area contributed by atoms with Crippen LogP contribution in [0.5, 0.6) is 0 Å². The molecule has 1 rings (SSSR count). The summed E-state index contributed by atoms with van der Waals surface area (Å²) in [5, 5.41) is 0. The maximum absolute atomic E-state index is 5.33. The van der Waals surface area contributed by atoms with Gasteiger partial charge < -0.3 is 28.7 Å². The van der Waals surface area contributed by atoms with E-state index in [9.17, 15) is 0 Å². The van der Waals surface area contributed by atoms with Gasteiger partial charge in [0, 0.05) is 0 Å². The van der Waals surface area contributed by atoms with Crippen molar-refractivity contribution in [1.82, 2.24) is 0 Å². The van der Waals surface area contributed by atoms with Crippen molar-refractivity contribution in [3.63, 3.8) is 0 Å². The molecule has 3 heteroatoms. The molecule has 0 aromatic rings. The quantitative estimate of drug-likeness (QED) is 0.438. The van der Waals surface area contributed by atoms with Crippen LogP contribution in [-0.2, 0) is 4.74 Å². The number of hydrogen-bond donors (Lipinski definition) is 0. The molecule has 2 nitrogen and oxygen atoms in total. The van der Waals surface area contributed by atoms with Gasteiger partial charge in [-0.15, -0.1) is 0 Å². The fourth-order valence-electron chi connectivity index (χ4n) is 1.71. The van der Waals surface area contributed by atoms with E-state index in [-0.39, 0.29) is 24.0 Å². The van der Waals surface area contributed by atoms with Gasteiger partial charge in [-0.2, -0.15) is 0 Å². The standard InChI is InChI=1S/C9H18NO.HI/c1-4-10(5-2)6-7-11-8-9(10)3;/h3-8H2,1-2H3;1H/q+1;/p-1. The number of nitrogens with zero attached hydrogens (tertiary/aromatic N) is 1. The predicted octanol–water partition coefficient (Wildman–Crippen LogP) is -1.61. The van der Waals surface area contributed by atoms with E-state index < -0.39 is 0 Å². The van der Waals surface area contributed by atoms with Gasteiger partial charge in [0.05, 0.1) is 19.7 Å². The maximum atomic E-state index is 5.33. The Labute approximate surface area is 92.2 Å². The van der Waals surface area contributed by atoms with Crippen molar-refractivity contribution in [3.8, 4) is 0 Å². The van der Waals surface area contributed by atoms with Crippen LogP contribution in [0.3, 0.4) is 0 Å². The normalized spacial score (nSPS) is 21.7. The van der Waals surface area contributed by atoms with Crippen LogP contribution in [0.15, 0.2) is 12.3 Å². The molecular formula is C9H18INO. The van der Waals surface area contributed by atoms with Crippen LogP contribution in [0.25, 0.3) is 0 Å². The number of quaternary nitrogens is 1. The molecule has 0 unspecified atom stereocenters. The minimum absolute atomic E-state index is 0. The second kappa shape index (κ2) is 5.19. The molecule has 0 N–H and O–H groups in total. The van der Waals surface area contributed by atoms with Crippen LogP contribution in [0.1, 0.15) is 13.8 Å². The van der Waals surface area contributed by atoms with Gasteiger partial charge in [-0.1, -0.05) is 0 Å². The molecule has 0 bridgehead atoms. The summed E-state index contributed by atoms with van der Waals surface area (Å²) in [7, 11) is 0. The Balaban J connectivity index is 0.00000121. The van der Waals surface area contributed by atoms with Crippen LogP contribution in [0.4, 0.5) is 0 Å². The van der Waals surface area contributed by atoms with E-state index in [0.29, 0.717) is 0 Å². The topological polar surface area (TPSA) is 9.23 Å². The molecule has 0 aromatic heterocycles. The lowest BCUT2D eigenvalue weighted by Gasteiger charge is -2.40. The van der Waals surface area contributed by atoms with Crippen molar-refractivity contribution in [2.75, 3.05) is 32.8 Å². The minimum atomic E-state index is 0. The third kappa shape index (κ3) is 2.20. The van der Waals surface area contributed by atoms with Crippen LogP contribution in [0.2, 0.25) is 0 Å². The number of likely N-dealkylation sites (N-methyl/N-ethyl adjacent to an activating group) is 1. The molecule has 1 aliphatic rings. The van der Waals surface area contributed by atoms with E-state index in [1.807, 2.05) is 0 Å². The smallest absolute Gasteiger partial charge is 0.128 e. The number of halogens is 1. The number of hydrogen-bond acceptors (Lipinski definition) is 1. The molecule has 0 saturated carbocycles. The Kier molecular flexibility index (Phi) is 5.36. The van der Waals surface area contributed by atoms with E-state index >= 15 is 0 Å². The second-order valence-electron chi connectivity index (χ2n) is 3.12. The highest BCUT2D eigenvalue weighted by molar-refractivity contribution is 4.86. The molecule has 1 saturated heterocycles. The summed E-state index contributed by atoms with van der Waals surface area (Å²) < 4.78 is 6.38. The van der Waals surface area contributed by atoms with E-state index in [4.69, 9.17) is 4.74 Å². The van der Waals surface area contributed by atoms with Crippen molar-refractivity contribution in [2.45, 2.75) is 13.8 Å². The molecule has 72 valence electrons. The molecule has 0 atom stereocenters. The summed E-state index contributed by atoms with van der Waals surface area (Å²) in [6.07, 6.45) is 0. The van der Waals surface area contributed by atoms with Gasteiger partial charge in [0.25, 0.3) is 0 Å². The first-order chi connectivity index (χ1) is 5.25. The maximum Gasteiger partial charge on any atom is 0.128 e. The molecule has 1 heterocycles. The van der Waals surface area contributed by atoms with Crippen LogP contribution >= 0.6 is 0 Å². The average Bonchev–Trinajstić information content (AvgIpc) is 2.06. The average molecular weight is 283 g/mol. The predicted molar refractivity (Wildman–Crippen MR) is 46.2 cm³/mol. The monoisotopic (exact) mass is 283 g/mol. The fraction of sp³-hybridized carbons (Fsp3) is 0.778. The molecule has 0 amide bonds. The largest absolute Gasteiger partial charge is 1.00 e. The molecule has 12 heavy (non-hydrogen) atoms. The van der Waals surface area contributed by atoms with Gasteiger partial charge in [-0.3, -0.25) is 4.48 Å². The summed E-state index contributed by atoms with van der Waals surface area (Å²) in [6, 6.07) is 0. The van der Waals surface area contributed by atoms with Gasteiger partial charge in [-0.25, -0.2) is 0 Å². The zero-order valence-corrected chi connectivity index (χ0v) is 10.1. The highest BCUT2D eigenvalue weighted by Crippen LogP contribution is 2.19. The van der Waals surface area contributed by atoms with E-state index in [2.05, 4.69) is 20.4 Å². The first kappa shape index (κ1) is 12.4. The first-order valence-electron chi connectivity index (χ1n) is 4.37. The number of rotatable bonds is 2. The Bertz CT molecular complexity index is 155. The fourth-order valence-corrected chi connectivity index (χ4v) is 1.71. The van der Waals surface area contributed by atoms with Crippen molar-refractivity contribution < 1.29 is 33.2 Å². The SMILES string of the molecule is C=C1COCC[N+]1(CC)CC.[I-]. The van der Waals surface area contributed by atoms with Crippen LogP contribution < -0.4 is 24.0 Å². The summed E-state index contributed by atoms with van der Waals surface area (Å²) >= 11 is 0. The zero-order valence-electron chi connectivity index (χ0n) is 7.98. The molecule has 0 aliphatic carbocycles. The third-order valence-electron chi connectivity index (χ3n) is 2.81. The van der Waals surface area contributed by atoms with E-state index in [0.717, 1.165) is 37.3 Å². The molecule has 0 spiro atoms. The number of ether oxygens (including phenoxy) is 1. The highest BCUT2D eigenvalue weighted by Gasteiger charge is 2.30. The second-order valence-corrected chi connectivity index (χ2v) is 3.12. The zero-order chi connectivity index (χ0) is 8.32. The van der Waals surface area contributed by atoms with E-state index in [1.165, 1.54) is 5.70 Å². The molecule has 0 radical (unpaired) electrons. The van der Waals surface area contributed by atoms with Gasteiger partial charge in [0.2, 0.25) is 0 Å². The van der Waals surface area contributed by atoms with Gasteiger partial charge in [0.1, 0.15) is 18.8 Å². The van der Waals surface area contributed by atoms with Crippen LogP contribution in [-0.4, -0.2) is 37.3 Å². The van der Waals surface area contributed by atoms with Gasteiger partial charge >= 0.3 is 0 Å². The van der Waals surface area contributed by atoms with Crippen molar-refractivity contribution in [3.05, 3.63) is 12.3 Å². The lowest BCUT2D eigenvalue weighted by atomic mass is 10.2. The molecule has 0 aromatic carbocycles. The summed E-state index contributed by atoms with van der Waals surface area (Å²) in [6.45, 7) is 13.5. The van der Waals surface area contributed by atoms with Crippen molar-refractivity contribution in [2.24, 2.45) is 0 Å². The molecule has 1 fully saturated rings. The Hall–Kier alpha value is 0.390. The number of morpholine rings is 1. The molecule has 1 aliphatic heterocycles. The first-order valence-corrected chi connectivity index (χ1v) is 4.37. The lowest BCUT2D eigenvalue weighted by molar-refractivity contribution is -0.896. The Morgan fingerprint density at radius 3 is 2.33 bits per heavy atom. The Morgan fingerprint density at radius 2 is 2.00 bits per heavy atom. The highest BCUT2D eigenvalue weighted by atomic mass is 127. The summed E-state index contributed by atoms with van der Waals surface area (Å²) in [5.74, 6) is 0. The van der Waals surface area contributed by atoms with Gasteiger partial charge in [-0.05, 0) is 20.4 Å². The third-order valence-corrected chi connectivity index (χ3v) is 2.81. The lowest BCUT2D eigenvalue weighted by Crippen LogP contribution is -3.00. The van der Waals surface area contributed by atoms with Crippen molar-refractivity contribution in [1.29, 1.82) is 0 Å².